The maximum absolute atomic E-state index is 11.2. The second kappa shape index (κ2) is 10.6. The number of carbonyl (C=O) groups is 2. The van der Waals surface area contributed by atoms with Gasteiger partial charge in [0.2, 0.25) is 6.79 Å². The predicted molar refractivity (Wildman–Crippen MR) is 106 cm³/mol. The molecule has 0 saturated carbocycles. The monoisotopic (exact) mass is 458 g/mol. The van der Waals surface area contributed by atoms with Gasteiger partial charge in [-0.25, -0.2) is 9.59 Å². The molecule has 0 amide bonds. The van der Waals surface area contributed by atoms with Gasteiger partial charge in [-0.05, 0) is 36.7 Å². The first-order chi connectivity index (χ1) is 14.2. The first-order valence-corrected chi connectivity index (χ1v) is 9.12. The van der Waals surface area contributed by atoms with Crippen molar-refractivity contribution in [2.75, 3.05) is 13.3 Å². The Labute approximate surface area is 180 Å². The van der Waals surface area contributed by atoms with E-state index in [0.29, 0.717) is 46.6 Å². The van der Waals surface area contributed by atoms with Crippen molar-refractivity contribution in [1.29, 1.82) is 0 Å². The van der Waals surface area contributed by atoms with Crippen LogP contribution in [0.2, 0.25) is 10.0 Å². The lowest BCUT2D eigenvalue weighted by molar-refractivity contribution is -0.385. The SMILES string of the molecule is O=C(O)C(=O)O.O=[N+]([O-])c1cc2c(cc1CNCCc1ccc(Cl)cc1Cl)OCO2. The second-order valence-corrected chi connectivity index (χ2v) is 6.71. The number of fused-ring (bicyclic) bond motifs is 1. The van der Waals surface area contributed by atoms with Crippen LogP contribution in [0.25, 0.3) is 0 Å². The topological polar surface area (TPSA) is 148 Å². The van der Waals surface area contributed by atoms with Crippen LogP contribution in [-0.2, 0) is 22.6 Å². The summed E-state index contributed by atoms with van der Waals surface area (Å²) in [5, 5.41) is 30.4. The smallest absolute Gasteiger partial charge is 0.414 e. The summed E-state index contributed by atoms with van der Waals surface area (Å²) in [4.78, 5) is 29.0. The summed E-state index contributed by atoms with van der Waals surface area (Å²) in [6.07, 6.45) is 0.689. The molecule has 0 unspecified atom stereocenters. The van der Waals surface area contributed by atoms with Crippen LogP contribution in [0.3, 0.4) is 0 Å². The maximum atomic E-state index is 11.2. The quantitative estimate of drug-likeness (QED) is 0.256. The molecule has 2 aromatic carbocycles. The molecule has 12 heteroatoms. The molecule has 0 radical (unpaired) electrons. The van der Waals surface area contributed by atoms with E-state index in [0.717, 1.165) is 5.56 Å². The third kappa shape index (κ3) is 6.48. The summed E-state index contributed by atoms with van der Waals surface area (Å²) >= 11 is 12.0. The summed E-state index contributed by atoms with van der Waals surface area (Å²) in [7, 11) is 0. The fourth-order valence-corrected chi connectivity index (χ4v) is 2.96. The zero-order valence-corrected chi connectivity index (χ0v) is 16.8. The number of hydrogen-bond acceptors (Lipinski definition) is 7. The molecule has 0 saturated heterocycles. The van der Waals surface area contributed by atoms with Gasteiger partial charge in [-0.3, -0.25) is 10.1 Å². The van der Waals surface area contributed by atoms with Crippen LogP contribution in [0.15, 0.2) is 30.3 Å². The molecule has 30 heavy (non-hydrogen) atoms. The number of nitro benzene ring substituents is 1. The summed E-state index contributed by atoms with van der Waals surface area (Å²) in [5.41, 5.74) is 1.52. The van der Waals surface area contributed by atoms with Crippen molar-refractivity contribution in [3.05, 3.63) is 61.6 Å². The zero-order valence-electron chi connectivity index (χ0n) is 15.3. The van der Waals surface area contributed by atoms with E-state index in [-0.39, 0.29) is 12.5 Å². The molecule has 0 bridgehead atoms. The highest BCUT2D eigenvalue weighted by atomic mass is 35.5. The number of ether oxygens (including phenoxy) is 2. The van der Waals surface area contributed by atoms with Crippen LogP contribution < -0.4 is 14.8 Å². The Morgan fingerprint density at radius 2 is 1.70 bits per heavy atom. The number of nitro groups is 1. The molecule has 0 spiro atoms. The number of halogens is 2. The lowest BCUT2D eigenvalue weighted by atomic mass is 10.1. The summed E-state index contributed by atoms with van der Waals surface area (Å²) in [6.45, 7) is 1.05. The van der Waals surface area contributed by atoms with Gasteiger partial charge in [0.1, 0.15) is 0 Å². The Balaban J connectivity index is 0.000000469. The molecule has 160 valence electrons. The number of nitrogens with one attached hydrogen (secondary N) is 1. The third-order valence-electron chi connectivity index (χ3n) is 3.86. The average Bonchev–Trinajstić information content (AvgIpc) is 3.13. The Hall–Kier alpha value is -3.08. The van der Waals surface area contributed by atoms with E-state index in [1.807, 2.05) is 6.07 Å². The van der Waals surface area contributed by atoms with Gasteiger partial charge in [-0.1, -0.05) is 29.3 Å². The first kappa shape index (κ1) is 23.2. The molecule has 1 heterocycles. The number of hydrogen-bond donors (Lipinski definition) is 3. The highest BCUT2D eigenvalue weighted by Crippen LogP contribution is 2.37. The van der Waals surface area contributed by atoms with Gasteiger partial charge < -0.3 is 25.0 Å². The van der Waals surface area contributed by atoms with Crippen LogP contribution in [-0.4, -0.2) is 40.4 Å². The zero-order chi connectivity index (χ0) is 22.3. The Morgan fingerprint density at radius 1 is 1.07 bits per heavy atom. The summed E-state index contributed by atoms with van der Waals surface area (Å²) in [5.74, 6) is -2.72. The molecule has 0 atom stereocenters. The molecule has 1 aliphatic rings. The van der Waals surface area contributed by atoms with E-state index in [9.17, 15) is 10.1 Å². The van der Waals surface area contributed by atoms with Crippen LogP contribution in [0.1, 0.15) is 11.1 Å². The minimum atomic E-state index is -1.82. The summed E-state index contributed by atoms with van der Waals surface area (Å²) < 4.78 is 10.5. The van der Waals surface area contributed by atoms with Gasteiger partial charge in [0.15, 0.2) is 11.5 Å². The van der Waals surface area contributed by atoms with Gasteiger partial charge in [0.05, 0.1) is 11.0 Å². The van der Waals surface area contributed by atoms with E-state index in [4.69, 9.17) is 52.5 Å². The van der Waals surface area contributed by atoms with E-state index in [1.54, 1.807) is 18.2 Å². The first-order valence-electron chi connectivity index (χ1n) is 8.36. The Bertz CT molecular complexity index is 955. The van der Waals surface area contributed by atoms with Crippen molar-refractivity contribution < 1.29 is 34.2 Å². The van der Waals surface area contributed by atoms with Crippen molar-refractivity contribution >= 4 is 40.8 Å². The molecule has 3 N–H and O–H groups in total. The van der Waals surface area contributed by atoms with Crippen molar-refractivity contribution in [3.8, 4) is 11.5 Å². The average molecular weight is 459 g/mol. The van der Waals surface area contributed by atoms with E-state index in [2.05, 4.69) is 5.32 Å². The van der Waals surface area contributed by atoms with E-state index in [1.165, 1.54) is 6.07 Å². The van der Waals surface area contributed by atoms with Gasteiger partial charge in [0, 0.05) is 22.2 Å². The minimum absolute atomic E-state index is 0.0104. The summed E-state index contributed by atoms with van der Waals surface area (Å²) in [6, 6.07) is 8.39. The lowest BCUT2D eigenvalue weighted by Crippen LogP contribution is -2.17. The molecule has 1 aliphatic heterocycles. The minimum Gasteiger partial charge on any atom is -0.473 e. The van der Waals surface area contributed by atoms with Crippen LogP contribution in [0.5, 0.6) is 11.5 Å². The second-order valence-electron chi connectivity index (χ2n) is 5.86. The molecule has 3 rings (SSSR count). The van der Waals surface area contributed by atoms with Crippen molar-refractivity contribution in [2.24, 2.45) is 0 Å². The van der Waals surface area contributed by atoms with Crippen molar-refractivity contribution in [3.63, 3.8) is 0 Å². The molecular formula is C18H16Cl2N2O8. The Kier molecular flexibility index (Phi) is 8.22. The van der Waals surface area contributed by atoms with E-state index < -0.39 is 16.9 Å². The fourth-order valence-electron chi connectivity index (χ4n) is 2.46. The molecule has 0 aromatic heterocycles. The van der Waals surface area contributed by atoms with Gasteiger partial charge >= 0.3 is 11.9 Å². The van der Waals surface area contributed by atoms with Crippen molar-refractivity contribution in [2.45, 2.75) is 13.0 Å². The molecule has 0 fully saturated rings. The highest BCUT2D eigenvalue weighted by molar-refractivity contribution is 6.35. The normalized spacial score (nSPS) is 11.4. The van der Waals surface area contributed by atoms with Crippen LogP contribution in [0, 0.1) is 10.1 Å². The highest BCUT2D eigenvalue weighted by Gasteiger charge is 2.22. The van der Waals surface area contributed by atoms with E-state index >= 15 is 0 Å². The largest absolute Gasteiger partial charge is 0.473 e. The van der Waals surface area contributed by atoms with Gasteiger partial charge in [0.25, 0.3) is 5.69 Å². The molecule has 10 nitrogen and oxygen atoms in total. The van der Waals surface area contributed by atoms with Gasteiger partial charge in [-0.15, -0.1) is 0 Å². The molecule has 0 aliphatic carbocycles. The standard InChI is InChI=1S/C16H14Cl2N2O4.C2H2O4/c17-12-2-1-10(13(18)6-12)3-4-19-8-11-5-15-16(24-9-23-15)7-14(11)20(21)22;3-1(4)2(5)6/h1-2,5-7,19H,3-4,8-9H2;(H,3,4)(H,5,6). The number of aliphatic carboxylic acids is 2. The lowest BCUT2D eigenvalue weighted by Gasteiger charge is -2.08. The van der Waals surface area contributed by atoms with Crippen molar-refractivity contribution in [1.82, 2.24) is 5.32 Å². The number of nitrogens with zero attached hydrogens (tertiary/aromatic N) is 1. The maximum Gasteiger partial charge on any atom is 0.414 e. The fraction of sp³-hybridized carbons (Fsp3) is 0.222. The molecular weight excluding hydrogens is 443 g/mol. The number of carboxylic acid groups (broad SMARTS) is 2. The number of carboxylic acids is 2. The number of benzene rings is 2. The van der Waals surface area contributed by atoms with Crippen LogP contribution >= 0.6 is 23.2 Å². The predicted octanol–water partition coefficient (Wildman–Crippen LogP) is 3.12. The Morgan fingerprint density at radius 3 is 2.27 bits per heavy atom. The van der Waals surface area contributed by atoms with Crippen LogP contribution in [0.4, 0.5) is 5.69 Å². The number of rotatable bonds is 6. The molecule has 2 aromatic rings. The van der Waals surface area contributed by atoms with Gasteiger partial charge in [-0.2, -0.15) is 0 Å². The third-order valence-corrected chi connectivity index (χ3v) is 4.44.